The fourth-order valence-electron chi connectivity index (χ4n) is 2.85. The molecule has 2 heterocycles. The lowest BCUT2D eigenvalue weighted by Crippen LogP contribution is -2.41. The summed E-state index contributed by atoms with van der Waals surface area (Å²) < 4.78 is 18.7. The van der Waals surface area contributed by atoms with Crippen molar-refractivity contribution < 1.29 is 13.9 Å². The van der Waals surface area contributed by atoms with Crippen LogP contribution in [0.1, 0.15) is 19.3 Å². The number of carbonyl (C=O) groups is 1. The van der Waals surface area contributed by atoms with Crippen LogP contribution in [0.5, 0.6) is 0 Å². The van der Waals surface area contributed by atoms with Gasteiger partial charge in [-0.15, -0.1) is 0 Å². The normalized spacial score (nSPS) is 28.6. The van der Waals surface area contributed by atoms with Crippen LogP contribution in [0.25, 0.3) is 0 Å². The molecule has 0 aliphatic carbocycles. The topological polar surface area (TPSA) is 50.4 Å². The molecular weight excluding hydrogens is 247 g/mol. The van der Waals surface area contributed by atoms with E-state index in [-0.39, 0.29) is 30.4 Å². The van der Waals surface area contributed by atoms with E-state index in [1.807, 2.05) is 0 Å². The van der Waals surface area contributed by atoms with Gasteiger partial charge in [-0.3, -0.25) is 4.79 Å². The van der Waals surface area contributed by atoms with Gasteiger partial charge in [0.25, 0.3) is 0 Å². The lowest BCUT2D eigenvalue weighted by atomic mass is 9.95. The van der Waals surface area contributed by atoms with Gasteiger partial charge in [-0.05, 0) is 37.5 Å². The fraction of sp³-hybridized carbons (Fsp3) is 0.500. The van der Waals surface area contributed by atoms with Gasteiger partial charge in [0.05, 0.1) is 18.8 Å². The van der Waals surface area contributed by atoms with Crippen LogP contribution in [0.3, 0.4) is 0 Å². The molecular formula is C14H17FN2O2. The highest BCUT2D eigenvalue weighted by molar-refractivity contribution is 5.92. The van der Waals surface area contributed by atoms with E-state index in [1.165, 1.54) is 12.1 Å². The van der Waals surface area contributed by atoms with Gasteiger partial charge in [-0.1, -0.05) is 6.07 Å². The second-order valence-corrected chi connectivity index (χ2v) is 5.16. The Hall–Kier alpha value is -1.46. The highest BCUT2D eigenvalue weighted by atomic mass is 19.1. The standard InChI is InChI=1S/C14H17FN2O2/c15-9-2-1-3-10(6-9)17-14(18)8-16-12-7-11-4-5-13(12)19-11/h1-3,6,11-13,16H,4-5,7-8H2,(H,17,18). The summed E-state index contributed by atoms with van der Waals surface area (Å²) in [7, 11) is 0. The van der Waals surface area contributed by atoms with Gasteiger partial charge in [0.1, 0.15) is 5.82 Å². The smallest absolute Gasteiger partial charge is 0.238 e. The van der Waals surface area contributed by atoms with E-state index in [9.17, 15) is 9.18 Å². The van der Waals surface area contributed by atoms with Crippen molar-refractivity contribution in [2.75, 3.05) is 11.9 Å². The number of hydrogen-bond donors (Lipinski definition) is 2. The molecule has 0 saturated carbocycles. The summed E-state index contributed by atoms with van der Waals surface area (Å²) in [5, 5.41) is 5.89. The van der Waals surface area contributed by atoms with Crippen LogP contribution in [-0.4, -0.2) is 30.7 Å². The molecule has 19 heavy (non-hydrogen) atoms. The van der Waals surface area contributed by atoms with Crippen molar-refractivity contribution >= 4 is 11.6 Å². The number of halogens is 1. The van der Waals surface area contributed by atoms with Crippen molar-refractivity contribution in [3.05, 3.63) is 30.1 Å². The first-order valence-corrected chi connectivity index (χ1v) is 6.65. The minimum atomic E-state index is -0.354. The van der Waals surface area contributed by atoms with Crippen LogP contribution in [0.2, 0.25) is 0 Å². The maximum absolute atomic E-state index is 13.0. The Morgan fingerprint density at radius 3 is 3.00 bits per heavy atom. The first-order valence-electron chi connectivity index (χ1n) is 6.65. The first-order chi connectivity index (χ1) is 9.20. The maximum atomic E-state index is 13.0. The van der Waals surface area contributed by atoms with Gasteiger partial charge >= 0.3 is 0 Å². The van der Waals surface area contributed by atoms with Crippen molar-refractivity contribution in [2.45, 2.75) is 37.5 Å². The average molecular weight is 264 g/mol. The van der Waals surface area contributed by atoms with Crippen molar-refractivity contribution in [1.82, 2.24) is 5.32 Å². The maximum Gasteiger partial charge on any atom is 0.238 e. The molecule has 2 fully saturated rings. The monoisotopic (exact) mass is 264 g/mol. The van der Waals surface area contributed by atoms with E-state index >= 15 is 0 Å². The summed E-state index contributed by atoms with van der Waals surface area (Å²) in [4.78, 5) is 11.7. The molecule has 2 saturated heterocycles. The highest BCUT2D eigenvalue weighted by Gasteiger charge is 2.40. The van der Waals surface area contributed by atoms with Crippen LogP contribution in [-0.2, 0) is 9.53 Å². The van der Waals surface area contributed by atoms with Crippen LogP contribution < -0.4 is 10.6 Å². The Bertz CT molecular complexity index is 480. The summed E-state index contributed by atoms with van der Waals surface area (Å²) in [6, 6.07) is 6.17. The molecule has 3 rings (SSSR count). The third-order valence-corrected chi connectivity index (χ3v) is 3.74. The summed E-state index contributed by atoms with van der Waals surface area (Å²) in [5.74, 6) is -0.513. The van der Waals surface area contributed by atoms with Crippen LogP contribution in [0.4, 0.5) is 10.1 Å². The Balaban J connectivity index is 1.47. The van der Waals surface area contributed by atoms with Gasteiger partial charge in [0.2, 0.25) is 5.91 Å². The molecule has 102 valence electrons. The predicted molar refractivity (Wildman–Crippen MR) is 69.3 cm³/mol. The molecule has 5 heteroatoms. The first kappa shape index (κ1) is 12.6. The SMILES string of the molecule is O=C(CNC1CC2CCC1O2)Nc1cccc(F)c1. The van der Waals surface area contributed by atoms with Gasteiger partial charge in [-0.2, -0.15) is 0 Å². The molecule has 1 aromatic carbocycles. The van der Waals surface area contributed by atoms with Crippen LogP contribution in [0.15, 0.2) is 24.3 Å². The number of hydrogen-bond acceptors (Lipinski definition) is 3. The quantitative estimate of drug-likeness (QED) is 0.870. The van der Waals surface area contributed by atoms with Gasteiger partial charge in [0, 0.05) is 11.7 Å². The number of anilines is 1. The molecule has 3 atom stereocenters. The van der Waals surface area contributed by atoms with Crippen molar-refractivity contribution in [3.63, 3.8) is 0 Å². The second-order valence-electron chi connectivity index (χ2n) is 5.16. The highest BCUT2D eigenvalue weighted by Crippen LogP contribution is 2.34. The third kappa shape index (κ3) is 2.93. The van der Waals surface area contributed by atoms with E-state index in [0.717, 1.165) is 19.3 Å². The number of nitrogens with one attached hydrogen (secondary N) is 2. The molecule has 1 aromatic rings. The lowest BCUT2D eigenvalue weighted by Gasteiger charge is -2.19. The molecule has 2 aliphatic rings. The van der Waals surface area contributed by atoms with E-state index in [4.69, 9.17) is 4.74 Å². The molecule has 4 nitrogen and oxygen atoms in total. The molecule has 2 aliphatic heterocycles. The molecule has 3 unspecified atom stereocenters. The molecule has 1 amide bonds. The van der Waals surface area contributed by atoms with Crippen molar-refractivity contribution in [2.24, 2.45) is 0 Å². The van der Waals surface area contributed by atoms with Crippen LogP contribution >= 0.6 is 0 Å². The third-order valence-electron chi connectivity index (χ3n) is 3.74. The van der Waals surface area contributed by atoms with Gasteiger partial charge in [0.15, 0.2) is 0 Å². The summed E-state index contributed by atoms with van der Waals surface area (Å²) in [5.41, 5.74) is 0.482. The second kappa shape index (κ2) is 5.27. The molecule has 0 aromatic heterocycles. The van der Waals surface area contributed by atoms with E-state index in [2.05, 4.69) is 10.6 Å². The summed E-state index contributed by atoms with van der Waals surface area (Å²) in [6.07, 6.45) is 3.82. The van der Waals surface area contributed by atoms with Gasteiger partial charge in [-0.25, -0.2) is 4.39 Å². The zero-order valence-electron chi connectivity index (χ0n) is 10.6. The van der Waals surface area contributed by atoms with Crippen LogP contribution in [0, 0.1) is 5.82 Å². The fourth-order valence-corrected chi connectivity index (χ4v) is 2.85. The van der Waals surface area contributed by atoms with E-state index in [0.29, 0.717) is 11.8 Å². The van der Waals surface area contributed by atoms with Crippen molar-refractivity contribution in [3.8, 4) is 0 Å². The molecule has 0 radical (unpaired) electrons. The zero-order valence-corrected chi connectivity index (χ0v) is 10.6. The predicted octanol–water partition coefficient (Wildman–Crippen LogP) is 1.67. The van der Waals surface area contributed by atoms with E-state index in [1.54, 1.807) is 12.1 Å². The van der Waals surface area contributed by atoms with Crippen molar-refractivity contribution in [1.29, 1.82) is 0 Å². The molecule has 2 N–H and O–H groups in total. The molecule has 2 bridgehead atoms. The number of carbonyl (C=O) groups excluding carboxylic acids is 1. The largest absolute Gasteiger partial charge is 0.373 e. The Morgan fingerprint density at radius 1 is 1.42 bits per heavy atom. The molecule has 0 spiro atoms. The number of rotatable bonds is 4. The summed E-state index contributed by atoms with van der Waals surface area (Å²) in [6.45, 7) is 0.230. The minimum Gasteiger partial charge on any atom is -0.373 e. The van der Waals surface area contributed by atoms with Gasteiger partial charge < -0.3 is 15.4 Å². The summed E-state index contributed by atoms with van der Waals surface area (Å²) >= 11 is 0. The number of ether oxygens (including phenoxy) is 1. The number of benzene rings is 1. The minimum absolute atomic E-state index is 0.159. The number of fused-ring (bicyclic) bond motifs is 2. The lowest BCUT2D eigenvalue weighted by molar-refractivity contribution is -0.115. The number of amides is 1. The Labute approximate surface area is 111 Å². The Morgan fingerprint density at radius 2 is 2.32 bits per heavy atom. The Kier molecular flexibility index (Phi) is 3.48. The van der Waals surface area contributed by atoms with E-state index < -0.39 is 0 Å². The zero-order chi connectivity index (χ0) is 13.2. The average Bonchev–Trinajstić information content (AvgIpc) is 2.98.